The first-order valence-corrected chi connectivity index (χ1v) is 5.64. The highest BCUT2D eigenvalue weighted by Crippen LogP contribution is 2.32. The Hall–Kier alpha value is -0.840. The molecule has 0 aliphatic rings. The summed E-state index contributed by atoms with van der Waals surface area (Å²) in [6.07, 6.45) is 0. The van der Waals surface area contributed by atoms with Crippen LogP contribution >= 0.6 is 22.6 Å². The van der Waals surface area contributed by atoms with Gasteiger partial charge in [0.1, 0.15) is 11.6 Å². The van der Waals surface area contributed by atoms with Crippen LogP contribution in [0.1, 0.15) is 5.56 Å². The molecule has 0 aliphatic carbocycles. The molecule has 3 heteroatoms. The van der Waals surface area contributed by atoms with Crippen LogP contribution in [0.25, 0.3) is 10.8 Å². The van der Waals surface area contributed by atoms with Gasteiger partial charge in [-0.2, -0.15) is 0 Å². The van der Waals surface area contributed by atoms with E-state index in [1.54, 1.807) is 19.2 Å². The molecule has 0 saturated carbocycles. The smallest absolute Gasteiger partial charge is 0.135 e. The molecule has 0 saturated heterocycles. The van der Waals surface area contributed by atoms with Crippen LogP contribution in [0.2, 0.25) is 0 Å². The van der Waals surface area contributed by atoms with E-state index in [-0.39, 0.29) is 5.82 Å². The van der Waals surface area contributed by atoms with Crippen LogP contribution in [-0.4, -0.2) is 7.11 Å². The van der Waals surface area contributed by atoms with Crippen molar-refractivity contribution in [3.05, 3.63) is 39.2 Å². The summed E-state index contributed by atoms with van der Waals surface area (Å²) < 4.78 is 20.0. The maximum absolute atomic E-state index is 13.8. The number of hydrogen-bond acceptors (Lipinski definition) is 1. The van der Waals surface area contributed by atoms with Crippen molar-refractivity contribution >= 4 is 33.4 Å². The zero-order valence-electron chi connectivity index (χ0n) is 8.47. The molecule has 0 radical (unpaired) electrons. The van der Waals surface area contributed by atoms with Crippen molar-refractivity contribution in [2.75, 3.05) is 7.11 Å². The summed E-state index contributed by atoms with van der Waals surface area (Å²) in [7, 11) is 1.56. The molecular weight excluding hydrogens is 306 g/mol. The summed E-state index contributed by atoms with van der Waals surface area (Å²) >= 11 is 2.23. The number of aryl methyl sites for hydroxylation is 1. The summed E-state index contributed by atoms with van der Waals surface area (Å²) in [4.78, 5) is 0. The van der Waals surface area contributed by atoms with Crippen molar-refractivity contribution in [3.8, 4) is 5.75 Å². The first kappa shape index (κ1) is 10.7. The molecule has 0 atom stereocenters. The summed E-state index contributed by atoms with van der Waals surface area (Å²) in [5.41, 5.74) is 0.953. The monoisotopic (exact) mass is 316 g/mol. The van der Waals surface area contributed by atoms with Gasteiger partial charge in [-0.3, -0.25) is 0 Å². The number of benzene rings is 2. The Bertz CT molecular complexity index is 523. The Morgan fingerprint density at radius 3 is 2.73 bits per heavy atom. The predicted molar refractivity (Wildman–Crippen MR) is 67.9 cm³/mol. The molecule has 1 nitrogen and oxygen atoms in total. The largest absolute Gasteiger partial charge is 0.496 e. The molecule has 0 heterocycles. The van der Waals surface area contributed by atoms with E-state index >= 15 is 0 Å². The van der Waals surface area contributed by atoms with E-state index in [1.165, 1.54) is 0 Å². The first-order chi connectivity index (χ1) is 7.15. The minimum absolute atomic E-state index is 0.222. The number of halogens is 2. The van der Waals surface area contributed by atoms with E-state index in [0.29, 0.717) is 11.1 Å². The Morgan fingerprint density at radius 1 is 1.33 bits per heavy atom. The maximum Gasteiger partial charge on any atom is 0.135 e. The standard InChI is InChI=1S/C12H10FIO/c1-7-6-9(13)11-8(12(7)14)4-3-5-10(11)15-2/h3-6H,1-2H3. The molecule has 0 spiro atoms. The van der Waals surface area contributed by atoms with Crippen molar-refractivity contribution in [1.82, 2.24) is 0 Å². The van der Waals surface area contributed by atoms with Gasteiger partial charge in [-0.05, 0) is 47.2 Å². The number of rotatable bonds is 1. The van der Waals surface area contributed by atoms with Crippen LogP contribution in [-0.2, 0) is 0 Å². The SMILES string of the molecule is COc1cccc2c(I)c(C)cc(F)c12. The van der Waals surface area contributed by atoms with E-state index in [0.717, 1.165) is 14.5 Å². The van der Waals surface area contributed by atoms with Gasteiger partial charge in [0.15, 0.2) is 0 Å². The molecule has 0 aromatic heterocycles. The normalized spacial score (nSPS) is 10.7. The predicted octanol–water partition coefficient (Wildman–Crippen LogP) is 3.90. The molecule has 0 fully saturated rings. The number of hydrogen-bond donors (Lipinski definition) is 0. The van der Waals surface area contributed by atoms with E-state index in [9.17, 15) is 4.39 Å². The minimum atomic E-state index is -0.222. The Morgan fingerprint density at radius 2 is 2.07 bits per heavy atom. The molecule has 0 unspecified atom stereocenters. The number of ether oxygens (including phenoxy) is 1. The van der Waals surface area contributed by atoms with Crippen LogP contribution in [0.3, 0.4) is 0 Å². The number of methoxy groups -OCH3 is 1. The lowest BCUT2D eigenvalue weighted by Crippen LogP contribution is -1.92. The quantitative estimate of drug-likeness (QED) is 0.725. The second kappa shape index (κ2) is 3.96. The number of fused-ring (bicyclic) bond motifs is 1. The van der Waals surface area contributed by atoms with Gasteiger partial charge < -0.3 is 4.74 Å². The molecule has 0 N–H and O–H groups in total. The zero-order valence-corrected chi connectivity index (χ0v) is 10.6. The third-order valence-electron chi connectivity index (χ3n) is 2.41. The van der Waals surface area contributed by atoms with Gasteiger partial charge >= 0.3 is 0 Å². The van der Waals surface area contributed by atoms with Crippen molar-refractivity contribution in [2.45, 2.75) is 6.92 Å². The van der Waals surface area contributed by atoms with Gasteiger partial charge in [0, 0.05) is 8.96 Å². The van der Waals surface area contributed by atoms with Crippen LogP contribution in [0.4, 0.5) is 4.39 Å². The van der Waals surface area contributed by atoms with E-state index in [1.807, 2.05) is 19.1 Å². The van der Waals surface area contributed by atoms with Gasteiger partial charge in [0.25, 0.3) is 0 Å². The summed E-state index contributed by atoms with van der Waals surface area (Å²) in [6.45, 7) is 1.91. The lowest BCUT2D eigenvalue weighted by atomic mass is 10.1. The molecule has 15 heavy (non-hydrogen) atoms. The molecule has 78 valence electrons. The highest BCUT2D eigenvalue weighted by molar-refractivity contribution is 14.1. The van der Waals surface area contributed by atoms with Crippen LogP contribution in [0.15, 0.2) is 24.3 Å². The summed E-state index contributed by atoms with van der Waals surface area (Å²) in [5, 5.41) is 1.47. The molecule has 2 rings (SSSR count). The first-order valence-electron chi connectivity index (χ1n) is 4.56. The topological polar surface area (TPSA) is 9.23 Å². The van der Waals surface area contributed by atoms with Gasteiger partial charge in [0.05, 0.1) is 12.5 Å². The van der Waals surface area contributed by atoms with Gasteiger partial charge in [0.2, 0.25) is 0 Å². The summed E-state index contributed by atoms with van der Waals surface area (Å²) in [6, 6.07) is 7.11. The second-order valence-corrected chi connectivity index (χ2v) is 4.45. The molecule has 0 amide bonds. The van der Waals surface area contributed by atoms with Crippen LogP contribution in [0, 0.1) is 16.3 Å². The molecule has 2 aromatic rings. The highest BCUT2D eigenvalue weighted by Gasteiger charge is 2.11. The molecular formula is C12H10FIO. The fourth-order valence-electron chi connectivity index (χ4n) is 1.67. The zero-order chi connectivity index (χ0) is 11.0. The van der Waals surface area contributed by atoms with E-state index in [4.69, 9.17) is 4.74 Å². The van der Waals surface area contributed by atoms with Crippen molar-refractivity contribution < 1.29 is 9.13 Å². The third-order valence-corrected chi connectivity index (χ3v) is 3.84. The second-order valence-electron chi connectivity index (χ2n) is 3.37. The lowest BCUT2D eigenvalue weighted by molar-refractivity contribution is 0.418. The fourth-order valence-corrected chi connectivity index (χ4v) is 2.27. The van der Waals surface area contributed by atoms with E-state index < -0.39 is 0 Å². The summed E-state index contributed by atoms with van der Waals surface area (Å²) in [5.74, 6) is 0.364. The third kappa shape index (κ3) is 1.69. The maximum atomic E-state index is 13.8. The van der Waals surface area contributed by atoms with Crippen molar-refractivity contribution in [3.63, 3.8) is 0 Å². The van der Waals surface area contributed by atoms with Crippen LogP contribution in [0.5, 0.6) is 5.75 Å². The molecule has 2 aromatic carbocycles. The van der Waals surface area contributed by atoms with Gasteiger partial charge in [-0.25, -0.2) is 4.39 Å². The molecule has 0 aliphatic heterocycles. The average molecular weight is 316 g/mol. The van der Waals surface area contributed by atoms with E-state index in [2.05, 4.69) is 22.6 Å². The van der Waals surface area contributed by atoms with Crippen LogP contribution < -0.4 is 4.74 Å². The Labute approximate surface area is 101 Å². The lowest BCUT2D eigenvalue weighted by Gasteiger charge is -2.09. The Balaban J connectivity index is 2.95. The Kier molecular flexibility index (Phi) is 2.82. The fraction of sp³-hybridized carbons (Fsp3) is 0.167. The minimum Gasteiger partial charge on any atom is -0.496 e. The average Bonchev–Trinajstić information content (AvgIpc) is 2.25. The van der Waals surface area contributed by atoms with Crippen molar-refractivity contribution in [2.24, 2.45) is 0 Å². The highest BCUT2D eigenvalue weighted by atomic mass is 127. The van der Waals surface area contributed by atoms with Gasteiger partial charge in [-0.15, -0.1) is 0 Å². The van der Waals surface area contributed by atoms with Crippen molar-refractivity contribution in [1.29, 1.82) is 0 Å². The van der Waals surface area contributed by atoms with Gasteiger partial charge in [-0.1, -0.05) is 12.1 Å². The molecule has 0 bridgehead atoms.